The summed E-state index contributed by atoms with van der Waals surface area (Å²) in [5, 5.41) is 0.645. The van der Waals surface area contributed by atoms with Crippen molar-refractivity contribution in [2.45, 2.75) is 0 Å². The van der Waals surface area contributed by atoms with E-state index in [1.807, 2.05) is 0 Å². The van der Waals surface area contributed by atoms with Gasteiger partial charge < -0.3 is 0 Å². The summed E-state index contributed by atoms with van der Waals surface area (Å²) in [6.45, 7) is 0. The van der Waals surface area contributed by atoms with E-state index in [-0.39, 0.29) is 0 Å². The summed E-state index contributed by atoms with van der Waals surface area (Å²) in [5.41, 5.74) is 0. The standard InChI is InChI=1S/C2H6F3NOSi/c1-6(2)7-8(3,4)5/h1-2H3. The van der Waals surface area contributed by atoms with Crippen molar-refractivity contribution in [3.05, 3.63) is 0 Å². The van der Waals surface area contributed by atoms with Crippen LogP contribution in [0.3, 0.4) is 0 Å². The molecule has 0 bridgehead atoms. The van der Waals surface area contributed by atoms with Crippen LogP contribution in [-0.2, 0) is 4.53 Å². The monoisotopic (exact) mass is 145 g/mol. The summed E-state index contributed by atoms with van der Waals surface area (Å²) in [7, 11) is -3.40. The zero-order chi connectivity index (χ0) is 6.78. The van der Waals surface area contributed by atoms with Gasteiger partial charge in [-0.2, -0.15) is 0 Å². The van der Waals surface area contributed by atoms with Crippen molar-refractivity contribution < 1.29 is 16.9 Å². The van der Waals surface area contributed by atoms with Crippen molar-refractivity contribution in [3.63, 3.8) is 0 Å². The van der Waals surface area contributed by atoms with E-state index in [0.717, 1.165) is 0 Å². The quantitative estimate of drug-likeness (QED) is 0.324. The Bertz CT molecular complexity index is 72.2. The molecule has 0 aliphatic heterocycles. The van der Waals surface area contributed by atoms with Gasteiger partial charge in [0.2, 0.25) is 0 Å². The van der Waals surface area contributed by atoms with Gasteiger partial charge in [0.15, 0.2) is 0 Å². The van der Waals surface area contributed by atoms with Crippen molar-refractivity contribution in [1.29, 1.82) is 0 Å². The Morgan fingerprint density at radius 1 is 1.25 bits per heavy atom. The number of nitrogens with zero attached hydrogens (tertiary/aromatic N) is 1. The Balaban J connectivity index is 3.39. The van der Waals surface area contributed by atoms with E-state index in [1.165, 1.54) is 14.1 Å². The minimum Gasteiger partial charge on any atom is -0.254 e. The smallest absolute Gasteiger partial charge is 0.254 e. The minimum absolute atomic E-state index is 0.645. The second-order valence-corrected chi connectivity index (χ2v) is 2.42. The molecule has 0 fully saturated rings. The zero-order valence-electron chi connectivity index (χ0n) is 4.49. The predicted molar refractivity (Wildman–Crippen MR) is 23.8 cm³/mol. The SMILES string of the molecule is CN(C)O[Si](F)(F)F. The first-order valence-electron chi connectivity index (χ1n) is 1.85. The lowest BCUT2D eigenvalue weighted by atomic mass is 11.2. The lowest BCUT2D eigenvalue weighted by molar-refractivity contribution is -0.0608. The molecule has 0 aromatic rings. The highest BCUT2D eigenvalue weighted by molar-refractivity contribution is 6.50. The third-order valence-electron chi connectivity index (χ3n) is 0.286. The highest BCUT2D eigenvalue weighted by Crippen LogP contribution is 2.09. The third-order valence-corrected chi connectivity index (χ3v) is 0.858. The summed E-state index contributed by atoms with van der Waals surface area (Å²) in [6.07, 6.45) is 0. The van der Waals surface area contributed by atoms with Gasteiger partial charge in [-0.25, -0.2) is 17.4 Å². The van der Waals surface area contributed by atoms with Gasteiger partial charge in [-0.05, 0) is 0 Å². The summed E-state index contributed by atoms with van der Waals surface area (Å²) < 4.78 is 37.0. The van der Waals surface area contributed by atoms with Gasteiger partial charge in [0.1, 0.15) is 0 Å². The Hall–Kier alpha value is -0.0731. The summed E-state index contributed by atoms with van der Waals surface area (Å²) in [6, 6.07) is 0. The van der Waals surface area contributed by atoms with Gasteiger partial charge in [-0.1, -0.05) is 0 Å². The average molecular weight is 145 g/mol. The third kappa shape index (κ3) is 5.93. The van der Waals surface area contributed by atoms with Crippen LogP contribution >= 0.6 is 0 Å². The molecule has 0 heterocycles. The molecule has 0 radical (unpaired) electrons. The van der Waals surface area contributed by atoms with Crippen molar-refractivity contribution in [3.8, 4) is 0 Å². The van der Waals surface area contributed by atoms with Gasteiger partial charge in [-0.3, -0.25) is 4.53 Å². The molecular weight excluding hydrogens is 139 g/mol. The molecule has 50 valence electrons. The topological polar surface area (TPSA) is 12.5 Å². The first-order chi connectivity index (χ1) is 3.42. The maximum absolute atomic E-state index is 11.2. The van der Waals surface area contributed by atoms with Crippen molar-refractivity contribution in [1.82, 2.24) is 5.06 Å². The van der Waals surface area contributed by atoms with E-state index < -0.39 is 9.32 Å². The van der Waals surface area contributed by atoms with Crippen LogP contribution < -0.4 is 0 Å². The lowest BCUT2D eigenvalue weighted by Gasteiger charge is -2.09. The Labute approximate surface area is 46.5 Å². The highest BCUT2D eigenvalue weighted by atomic mass is 28.5. The zero-order valence-corrected chi connectivity index (χ0v) is 5.49. The Morgan fingerprint density at radius 2 is 1.62 bits per heavy atom. The highest BCUT2D eigenvalue weighted by Gasteiger charge is 2.43. The summed E-state index contributed by atoms with van der Waals surface area (Å²) in [4.78, 5) is 0. The van der Waals surface area contributed by atoms with E-state index in [9.17, 15) is 12.3 Å². The number of hydrogen-bond acceptors (Lipinski definition) is 2. The molecule has 0 saturated heterocycles. The van der Waals surface area contributed by atoms with Crippen LogP contribution in [0.4, 0.5) is 12.3 Å². The maximum atomic E-state index is 11.2. The van der Waals surface area contributed by atoms with E-state index in [2.05, 4.69) is 4.53 Å². The van der Waals surface area contributed by atoms with Crippen LogP contribution in [0.5, 0.6) is 0 Å². The average Bonchev–Trinajstić information content (AvgIpc) is 1.21. The predicted octanol–water partition coefficient (Wildman–Crippen LogP) is 0.824. The van der Waals surface area contributed by atoms with Crippen LogP contribution in [0.25, 0.3) is 0 Å². The molecule has 8 heavy (non-hydrogen) atoms. The van der Waals surface area contributed by atoms with Gasteiger partial charge >= 0.3 is 9.32 Å². The first kappa shape index (κ1) is 7.93. The Morgan fingerprint density at radius 3 is 1.62 bits per heavy atom. The second kappa shape index (κ2) is 2.47. The van der Waals surface area contributed by atoms with Crippen LogP contribution in [0, 0.1) is 0 Å². The van der Waals surface area contributed by atoms with Crippen LogP contribution in [-0.4, -0.2) is 28.5 Å². The maximum Gasteiger partial charge on any atom is 0.820 e. The van der Waals surface area contributed by atoms with Crippen LogP contribution in [0.1, 0.15) is 0 Å². The summed E-state index contributed by atoms with van der Waals surface area (Å²) in [5.74, 6) is 0. The molecular formula is C2H6F3NOSi. The van der Waals surface area contributed by atoms with E-state index in [1.54, 1.807) is 0 Å². The molecule has 0 rings (SSSR count). The van der Waals surface area contributed by atoms with E-state index >= 15 is 0 Å². The van der Waals surface area contributed by atoms with E-state index in [4.69, 9.17) is 0 Å². The molecule has 0 aromatic heterocycles. The number of rotatable bonds is 2. The second-order valence-electron chi connectivity index (χ2n) is 1.35. The largest absolute Gasteiger partial charge is 0.820 e. The van der Waals surface area contributed by atoms with Gasteiger partial charge in [0.05, 0.1) is 0 Å². The molecule has 0 aliphatic rings. The number of halogens is 3. The van der Waals surface area contributed by atoms with Gasteiger partial charge in [-0.15, -0.1) is 0 Å². The lowest BCUT2D eigenvalue weighted by Crippen LogP contribution is -2.29. The summed E-state index contributed by atoms with van der Waals surface area (Å²) >= 11 is 0. The van der Waals surface area contributed by atoms with Crippen LogP contribution in [0.15, 0.2) is 0 Å². The number of hydroxylamine groups is 2. The van der Waals surface area contributed by atoms with Crippen molar-refractivity contribution >= 4 is 9.32 Å². The molecule has 0 atom stereocenters. The molecule has 0 N–H and O–H groups in total. The molecule has 0 unspecified atom stereocenters. The first-order valence-corrected chi connectivity index (χ1v) is 3.39. The molecule has 0 aromatic carbocycles. The minimum atomic E-state index is -5.79. The molecule has 0 saturated carbocycles. The molecule has 6 heteroatoms. The van der Waals surface area contributed by atoms with Gasteiger partial charge in [0.25, 0.3) is 0 Å². The van der Waals surface area contributed by atoms with Gasteiger partial charge in [0, 0.05) is 14.1 Å². The number of hydrogen-bond donors (Lipinski definition) is 0. The van der Waals surface area contributed by atoms with E-state index in [0.29, 0.717) is 5.06 Å². The molecule has 0 spiro atoms. The van der Waals surface area contributed by atoms with Crippen LogP contribution in [0.2, 0.25) is 0 Å². The fourth-order valence-corrected chi connectivity index (χ4v) is 0.621. The Kier molecular flexibility index (Phi) is 2.45. The fourth-order valence-electron chi connectivity index (χ4n) is 0.207. The van der Waals surface area contributed by atoms with Crippen molar-refractivity contribution in [2.75, 3.05) is 14.1 Å². The normalized spacial score (nSPS) is 12.8. The van der Waals surface area contributed by atoms with Crippen molar-refractivity contribution in [2.24, 2.45) is 0 Å². The molecule has 2 nitrogen and oxygen atoms in total. The molecule has 0 amide bonds. The molecule has 0 aliphatic carbocycles. The fraction of sp³-hybridized carbons (Fsp3) is 1.00.